The molecule has 1 fully saturated rings. The SMILES string of the molecule is NC1CCC(O)(c2cccc(F)c2)C1. The maximum atomic E-state index is 12.9. The maximum Gasteiger partial charge on any atom is 0.123 e. The molecule has 0 amide bonds. The Morgan fingerprint density at radius 2 is 2.29 bits per heavy atom. The summed E-state index contributed by atoms with van der Waals surface area (Å²) < 4.78 is 12.9. The van der Waals surface area contributed by atoms with Crippen molar-refractivity contribution >= 4 is 0 Å². The van der Waals surface area contributed by atoms with Gasteiger partial charge in [0.15, 0.2) is 0 Å². The van der Waals surface area contributed by atoms with Crippen molar-refractivity contribution in [3.8, 4) is 0 Å². The van der Waals surface area contributed by atoms with E-state index in [4.69, 9.17) is 5.73 Å². The van der Waals surface area contributed by atoms with E-state index in [1.807, 2.05) is 0 Å². The number of rotatable bonds is 1. The molecule has 0 spiro atoms. The first-order valence-electron chi connectivity index (χ1n) is 4.84. The molecule has 14 heavy (non-hydrogen) atoms. The van der Waals surface area contributed by atoms with E-state index in [1.54, 1.807) is 12.1 Å². The number of hydrogen-bond donors (Lipinski definition) is 2. The van der Waals surface area contributed by atoms with Gasteiger partial charge < -0.3 is 10.8 Å². The van der Waals surface area contributed by atoms with Crippen LogP contribution < -0.4 is 5.73 Å². The first kappa shape index (κ1) is 9.62. The number of nitrogens with two attached hydrogens (primary N) is 1. The Bertz CT molecular complexity index is 342. The summed E-state index contributed by atoms with van der Waals surface area (Å²) in [4.78, 5) is 0. The standard InChI is InChI=1S/C11H14FNO/c12-9-3-1-2-8(6-9)11(14)5-4-10(13)7-11/h1-3,6,10,14H,4-5,7,13H2. The number of benzene rings is 1. The van der Waals surface area contributed by atoms with Crippen LogP contribution >= 0.6 is 0 Å². The van der Waals surface area contributed by atoms with Crippen LogP contribution in [0.25, 0.3) is 0 Å². The van der Waals surface area contributed by atoms with Gasteiger partial charge in [-0.05, 0) is 37.0 Å². The predicted molar refractivity (Wildman–Crippen MR) is 52.1 cm³/mol. The molecule has 0 radical (unpaired) electrons. The van der Waals surface area contributed by atoms with Gasteiger partial charge in [0.1, 0.15) is 5.82 Å². The van der Waals surface area contributed by atoms with E-state index in [0.717, 1.165) is 6.42 Å². The summed E-state index contributed by atoms with van der Waals surface area (Å²) in [6.07, 6.45) is 1.95. The molecule has 76 valence electrons. The molecule has 0 saturated heterocycles. The average molecular weight is 195 g/mol. The van der Waals surface area contributed by atoms with Crippen molar-refractivity contribution in [2.75, 3.05) is 0 Å². The van der Waals surface area contributed by atoms with Gasteiger partial charge in [0.2, 0.25) is 0 Å². The second kappa shape index (κ2) is 3.33. The third-order valence-electron chi connectivity index (χ3n) is 2.89. The lowest BCUT2D eigenvalue weighted by atomic mass is 9.92. The Kier molecular flexibility index (Phi) is 2.29. The van der Waals surface area contributed by atoms with Gasteiger partial charge >= 0.3 is 0 Å². The average Bonchev–Trinajstić information content (AvgIpc) is 2.48. The van der Waals surface area contributed by atoms with Crippen LogP contribution in [0.1, 0.15) is 24.8 Å². The summed E-state index contributed by atoms with van der Waals surface area (Å²) in [6, 6.07) is 6.16. The highest BCUT2D eigenvalue weighted by atomic mass is 19.1. The van der Waals surface area contributed by atoms with Gasteiger partial charge in [-0.25, -0.2) is 4.39 Å². The van der Waals surface area contributed by atoms with Crippen LogP contribution in [-0.4, -0.2) is 11.1 Å². The fourth-order valence-corrected chi connectivity index (χ4v) is 2.10. The van der Waals surface area contributed by atoms with Crippen LogP contribution in [0.4, 0.5) is 4.39 Å². The van der Waals surface area contributed by atoms with E-state index >= 15 is 0 Å². The highest BCUT2D eigenvalue weighted by molar-refractivity contribution is 5.24. The van der Waals surface area contributed by atoms with E-state index in [9.17, 15) is 9.50 Å². The van der Waals surface area contributed by atoms with Gasteiger partial charge in [0.05, 0.1) is 5.60 Å². The van der Waals surface area contributed by atoms with Crippen LogP contribution in [0.15, 0.2) is 24.3 Å². The zero-order chi connectivity index (χ0) is 10.2. The molecule has 1 saturated carbocycles. The quantitative estimate of drug-likeness (QED) is 0.713. The van der Waals surface area contributed by atoms with Crippen LogP contribution in [0, 0.1) is 5.82 Å². The smallest absolute Gasteiger partial charge is 0.123 e. The van der Waals surface area contributed by atoms with Gasteiger partial charge in [0.25, 0.3) is 0 Å². The minimum absolute atomic E-state index is 0.0308. The van der Waals surface area contributed by atoms with Crippen molar-refractivity contribution < 1.29 is 9.50 Å². The maximum absolute atomic E-state index is 12.9. The third kappa shape index (κ3) is 1.65. The molecule has 2 rings (SSSR count). The number of hydrogen-bond acceptors (Lipinski definition) is 2. The summed E-state index contributed by atoms with van der Waals surface area (Å²) in [7, 11) is 0. The zero-order valence-electron chi connectivity index (χ0n) is 7.91. The van der Waals surface area contributed by atoms with E-state index in [-0.39, 0.29) is 11.9 Å². The van der Waals surface area contributed by atoms with Crippen LogP contribution in [0.2, 0.25) is 0 Å². The predicted octanol–water partition coefficient (Wildman–Crippen LogP) is 1.52. The van der Waals surface area contributed by atoms with E-state index in [0.29, 0.717) is 18.4 Å². The number of halogens is 1. The van der Waals surface area contributed by atoms with Crippen molar-refractivity contribution in [3.63, 3.8) is 0 Å². The molecule has 2 unspecified atom stereocenters. The molecular formula is C11H14FNO. The Morgan fingerprint density at radius 1 is 1.50 bits per heavy atom. The Morgan fingerprint density at radius 3 is 2.86 bits per heavy atom. The second-order valence-corrected chi connectivity index (χ2v) is 4.04. The van der Waals surface area contributed by atoms with Crippen LogP contribution in [0.3, 0.4) is 0 Å². The zero-order valence-corrected chi connectivity index (χ0v) is 7.91. The van der Waals surface area contributed by atoms with Gasteiger partial charge in [-0.1, -0.05) is 12.1 Å². The van der Waals surface area contributed by atoms with Crippen molar-refractivity contribution in [2.45, 2.75) is 30.9 Å². The molecule has 0 aromatic heterocycles. The lowest BCUT2D eigenvalue weighted by molar-refractivity contribution is 0.0428. The first-order valence-corrected chi connectivity index (χ1v) is 4.84. The summed E-state index contributed by atoms with van der Waals surface area (Å²) in [5.41, 5.74) is 5.46. The molecule has 1 aromatic carbocycles. The lowest BCUT2D eigenvalue weighted by Gasteiger charge is -2.22. The van der Waals surface area contributed by atoms with E-state index < -0.39 is 5.60 Å². The molecule has 0 aliphatic heterocycles. The lowest BCUT2D eigenvalue weighted by Crippen LogP contribution is -2.25. The molecule has 1 aliphatic carbocycles. The van der Waals surface area contributed by atoms with Crippen molar-refractivity contribution in [2.24, 2.45) is 5.73 Å². The van der Waals surface area contributed by atoms with Crippen LogP contribution in [0.5, 0.6) is 0 Å². The summed E-state index contributed by atoms with van der Waals surface area (Å²) >= 11 is 0. The molecule has 1 aliphatic rings. The first-order chi connectivity index (χ1) is 6.60. The van der Waals surface area contributed by atoms with Gasteiger partial charge in [-0.3, -0.25) is 0 Å². The summed E-state index contributed by atoms with van der Waals surface area (Å²) in [5, 5.41) is 10.2. The highest BCUT2D eigenvalue weighted by Crippen LogP contribution is 2.37. The molecule has 3 heteroatoms. The minimum atomic E-state index is -0.915. The van der Waals surface area contributed by atoms with Gasteiger partial charge in [-0.2, -0.15) is 0 Å². The highest BCUT2D eigenvalue weighted by Gasteiger charge is 2.37. The van der Waals surface area contributed by atoms with E-state index in [2.05, 4.69) is 0 Å². The molecular weight excluding hydrogens is 181 g/mol. The molecule has 0 heterocycles. The third-order valence-corrected chi connectivity index (χ3v) is 2.89. The molecule has 2 atom stereocenters. The largest absolute Gasteiger partial charge is 0.385 e. The van der Waals surface area contributed by atoms with Gasteiger partial charge in [-0.15, -0.1) is 0 Å². The molecule has 1 aromatic rings. The fourth-order valence-electron chi connectivity index (χ4n) is 2.10. The van der Waals surface area contributed by atoms with Crippen molar-refractivity contribution in [1.29, 1.82) is 0 Å². The topological polar surface area (TPSA) is 46.2 Å². The van der Waals surface area contributed by atoms with Gasteiger partial charge in [0, 0.05) is 6.04 Å². The summed E-state index contributed by atoms with van der Waals surface area (Å²) in [5.74, 6) is -0.309. The van der Waals surface area contributed by atoms with Crippen molar-refractivity contribution in [1.82, 2.24) is 0 Å². The monoisotopic (exact) mass is 195 g/mol. The van der Waals surface area contributed by atoms with E-state index in [1.165, 1.54) is 12.1 Å². The Hall–Kier alpha value is -0.930. The summed E-state index contributed by atoms with van der Waals surface area (Å²) in [6.45, 7) is 0. The van der Waals surface area contributed by atoms with Crippen molar-refractivity contribution in [3.05, 3.63) is 35.6 Å². The Balaban J connectivity index is 2.30. The molecule has 0 bridgehead atoms. The fraction of sp³-hybridized carbons (Fsp3) is 0.455. The normalized spacial score (nSPS) is 32.1. The minimum Gasteiger partial charge on any atom is -0.385 e. The van der Waals surface area contributed by atoms with Crippen LogP contribution in [-0.2, 0) is 5.60 Å². The Labute approximate surface area is 82.5 Å². The second-order valence-electron chi connectivity index (χ2n) is 4.04. The number of aliphatic hydroxyl groups is 1. The molecule has 2 nitrogen and oxygen atoms in total. The molecule has 3 N–H and O–H groups in total.